The van der Waals surface area contributed by atoms with Crippen molar-refractivity contribution in [1.82, 2.24) is 10.2 Å². The van der Waals surface area contributed by atoms with Gasteiger partial charge in [0.05, 0.1) is 0 Å². The van der Waals surface area contributed by atoms with Gasteiger partial charge in [0.25, 0.3) is 0 Å². The molecule has 1 saturated carbocycles. The van der Waals surface area contributed by atoms with Crippen LogP contribution in [0.1, 0.15) is 52.9 Å². The Kier molecular flexibility index (Phi) is 3.96. The highest BCUT2D eigenvalue weighted by molar-refractivity contribution is 7.80. The third kappa shape index (κ3) is 3.84. The lowest BCUT2D eigenvalue weighted by molar-refractivity contribution is 0.216. The van der Waals surface area contributed by atoms with Gasteiger partial charge >= 0.3 is 0 Å². The maximum Gasteiger partial charge on any atom is 0.169 e. The molecule has 1 atom stereocenters. The predicted molar refractivity (Wildman–Crippen MR) is 77.1 cm³/mol. The molecule has 2 nitrogen and oxygen atoms in total. The standard InChI is InChI=1S/C14H26N2S/c1-14(2,3)11-5-4-9-16(10-8-11)13(17)15-12-6-7-12/h11-12H,4-10H2,1-3H3,(H,15,17). The molecule has 1 heterocycles. The van der Waals surface area contributed by atoms with E-state index < -0.39 is 0 Å². The Morgan fingerprint density at radius 2 is 1.82 bits per heavy atom. The van der Waals surface area contributed by atoms with Crippen LogP contribution in [0, 0.1) is 11.3 Å². The largest absolute Gasteiger partial charge is 0.360 e. The predicted octanol–water partition coefficient (Wildman–Crippen LogP) is 3.17. The first-order valence-electron chi connectivity index (χ1n) is 7.02. The minimum absolute atomic E-state index is 0.446. The van der Waals surface area contributed by atoms with Gasteiger partial charge in [0.2, 0.25) is 0 Å². The topological polar surface area (TPSA) is 15.3 Å². The van der Waals surface area contributed by atoms with Gasteiger partial charge in [-0.05, 0) is 55.7 Å². The molecule has 0 aromatic rings. The summed E-state index contributed by atoms with van der Waals surface area (Å²) >= 11 is 5.50. The Bertz CT molecular complexity index is 278. The molecule has 2 rings (SSSR count). The van der Waals surface area contributed by atoms with E-state index in [0.717, 1.165) is 24.1 Å². The van der Waals surface area contributed by atoms with Crippen molar-refractivity contribution in [2.24, 2.45) is 11.3 Å². The molecular weight excluding hydrogens is 228 g/mol. The van der Waals surface area contributed by atoms with Gasteiger partial charge in [-0.25, -0.2) is 0 Å². The summed E-state index contributed by atoms with van der Waals surface area (Å²) in [6.07, 6.45) is 6.54. The summed E-state index contributed by atoms with van der Waals surface area (Å²) in [5.74, 6) is 0.844. The lowest BCUT2D eigenvalue weighted by Gasteiger charge is -2.30. The number of rotatable bonds is 1. The van der Waals surface area contributed by atoms with Gasteiger partial charge in [0.1, 0.15) is 0 Å². The lowest BCUT2D eigenvalue weighted by Crippen LogP contribution is -2.41. The Morgan fingerprint density at radius 1 is 1.12 bits per heavy atom. The highest BCUT2D eigenvalue weighted by atomic mass is 32.1. The molecule has 1 aliphatic heterocycles. The fourth-order valence-corrected chi connectivity index (χ4v) is 3.01. The smallest absolute Gasteiger partial charge is 0.169 e. The maximum absolute atomic E-state index is 5.50. The zero-order chi connectivity index (χ0) is 12.5. The lowest BCUT2D eigenvalue weighted by atomic mass is 9.77. The fraction of sp³-hybridized carbons (Fsp3) is 0.929. The molecule has 3 heteroatoms. The van der Waals surface area contributed by atoms with Crippen LogP contribution in [0.3, 0.4) is 0 Å². The second-order valence-electron chi connectivity index (χ2n) is 6.70. The summed E-state index contributed by atoms with van der Waals surface area (Å²) in [4.78, 5) is 2.39. The number of thiocarbonyl (C=S) groups is 1. The molecule has 1 saturated heterocycles. The van der Waals surface area contributed by atoms with Gasteiger partial charge in [-0.1, -0.05) is 20.8 Å². The first-order valence-corrected chi connectivity index (χ1v) is 7.43. The first kappa shape index (κ1) is 13.1. The second kappa shape index (κ2) is 5.13. The van der Waals surface area contributed by atoms with Crippen LogP contribution >= 0.6 is 12.2 Å². The van der Waals surface area contributed by atoms with Gasteiger partial charge in [0, 0.05) is 19.1 Å². The number of likely N-dealkylation sites (tertiary alicyclic amines) is 1. The van der Waals surface area contributed by atoms with E-state index >= 15 is 0 Å². The number of hydrogen-bond acceptors (Lipinski definition) is 1. The van der Waals surface area contributed by atoms with E-state index in [0.29, 0.717) is 11.5 Å². The van der Waals surface area contributed by atoms with Crippen molar-refractivity contribution in [3.8, 4) is 0 Å². The summed E-state index contributed by atoms with van der Waals surface area (Å²) in [5, 5.41) is 4.46. The molecule has 17 heavy (non-hydrogen) atoms. The SMILES string of the molecule is CC(C)(C)C1CCCN(C(=S)NC2CC2)CC1. The van der Waals surface area contributed by atoms with Gasteiger partial charge in [0.15, 0.2) is 5.11 Å². The van der Waals surface area contributed by atoms with Crippen molar-refractivity contribution in [2.45, 2.75) is 58.9 Å². The second-order valence-corrected chi connectivity index (χ2v) is 7.09. The summed E-state index contributed by atoms with van der Waals surface area (Å²) in [6, 6.07) is 0.684. The summed E-state index contributed by atoms with van der Waals surface area (Å²) in [7, 11) is 0. The minimum atomic E-state index is 0.446. The van der Waals surface area contributed by atoms with Crippen LogP contribution in [0.2, 0.25) is 0 Å². The van der Waals surface area contributed by atoms with E-state index in [9.17, 15) is 0 Å². The maximum atomic E-state index is 5.50. The molecule has 0 aromatic heterocycles. The Labute approximate surface area is 111 Å². The molecule has 0 bridgehead atoms. The van der Waals surface area contributed by atoms with E-state index in [1.54, 1.807) is 0 Å². The van der Waals surface area contributed by atoms with Crippen LogP contribution in [-0.2, 0) is 0 Å². The van der Waals surface area contributed by atoms with Crippen LogP contribution in [0.5, 0.6) is 0 Å². The average molecular weight is 254 g/mol. The minimum Gasteiger partial charge on any atom is -0.360 e. The molecule has 1 unspecified atom stereocenters. The molecule has 2 aliphatic rings. The van der Waals surface area contributed by atoms with Crippen LogP contribution in [0.25, 0.3) is 0 Å². The van der Waals surface area contributed by atoms with Crippen molar-refractivity contribution in [3.05, 3.63) is 0 Å². The molecule has 0 aromatic carbocycles. The summed E-state index contributed by atoms with van der Waals surface area (Å²) < 4.78 is 0. The zero-order valence-electron chi connectivity index (χ0n) is 11.5. The van der Waals surface area contributed by atoms with Crippen LogP contribution in [0.15, 0.2) is 0 Å². The summed E-state index contributed by atoms with van der Waals surface area (Å²) in [6.45, 7) is 9.39. The number of hydrogen-bond donors (Lipinski definition) is 1. The van der Waals surface area contributed by atoms with E-state index in [1.807, 2.05) is 0 Å². The van der Waals surface area contributed by atoms with Gasteiger partial charge in [-0.3, -0.25) is 0 Å². The van der Waals surface area contributed by atoms with Crippen molar-refractivity contribution in [1.29, 1.82) is 0 Å². The van der Waals surface area contributed by atoms with Crippen molar-refractivity contribution in [3.63, 3.8) is 0 Å². The van der Waals surface area contributed by atoms with E-state index in [-0.39, 0.29) is 0 Å². The molecule has 1 N–H and O–H groups in total. The summed E-state index contributed by atoms with van der Waals surface area (Å²) in [5.41, 5.74) is 0.446. The fourth-order valence-electron chi connectivity index (χ4n) is 2.66. The third-order valence-electron chi connectivity index (χ3n) is 4.15. The molecule has 2 fully saturated rings. The number of nitrogens with zero attached hydrogens (tertiary/aromatic N) is 1. The van der Waals surface area contributed by atoms with E-state index in [4.69, 9.17) is 12.2 Å². The van der Waals surface area contributed by atoms with Crippen LogP contribution < -0.4 is 5.32 Å². The van der Waals surface area contributed by atoms with Gasteiger partial charge in [-0.15, -0.1) is 0 Å². The van der Waals surface area contributed by atoms with Crippen LogP contribution in [-0.4, -0.2) is 29.1 Å². The molecule has 0 radical (unpaired) electrons. The molecular formula is C14H26N2S. The molecule has 1 aliphatic carbocycles. The Morgan fingerprint density at radius 3 is 2.41 bits per heavy atom. The van der Waals surface area contributed by atoms with Crippen molar-refractivity contribution < 1.29 is 0 Å². The zero-order valence-corrected chi connectivity index (χ0v) is 12.3. The van der Waals surface area contributed by atoms with Crippen LogP contribution in [0.4, 0.5) is 0 Å². The molecule has 0 spiro atoms. The highest BCUT2D eigenvalue weighted by Crippen LogP contribution is 2.34. The Hall–Kier alpha value is -0.310. The Balaban J connectivity index is 1.84. The quantitative estimate of drug-likeness (QED) is 0.724. The monoisotopic (exact) mass is 254 g/mol. The van der Waals surface area contributed by atoms with Gasteiger partial charge in [-0.2, -0.15) is 0 Å². The van der Waals surface area contributed by atoms with Gasteiger partial charge < -0.3 is 10.2 Å². The van der Waals surface area contributed by atoms with Crippen molar-refractivity contribution >= 4 is 17.3 Å². The average Bonchev–Trinajstić information content (AvgIpc) is 2.99. The molecule has 0 amide bonds. The van der Waals surface area contributed by atoms with E-state index in [1.165, 1.54) is 32.1 Å². The molecule has 98 valence electrons. The normalized spacial score (nSPS) is 26.5. The van der Waals surface area contributed by atoms with Crippen molar-refractivity contribution in [2.75, 3.05) is 13.1 Å². The third-order valence-corrected chi connectivity index (χ3v) is 4.52. The number of nitrogens with one attached hydrogen (secondary N) is 1. The highest BCUT2D eigenvalue weighted by Gasteiger charge is 2.29. The first-order chi connectivity index (χ1) is 7.97. The van der Waals surface area contributed by atoms with E-state index in [2.05, 4.69) is 31.0 Å².